The van der Waals surface area contributed by atoms with Crippen LogP contribution in [0.1, 0.15) is 37.0 Å². The summed E-state index contributed by atoms with van der Waals surface area (Å²) in [5.41, 5.74) is -0.262. The van der Waals surface area contributed by atoms with Crippen LogP contribution in [-0.4, -0.2) is 72.8 Å². The fourth-order valence-electron chi connectivity index (χ4n) is 4.22. The summed E-state index contributed by atoms with van der Waals surface area (Å²) in [6.07, 6.45) is 3.78. The van der Waals surface area contributed by atoms with Crippen molar-refractivity contribution >= 4 is 23.5 Å². The lowest BCUT2D eigenvalue weighted by molar-refractivity contribution is 0.0668. The van der Waals surface area contributed by atoms with Crippen LogP contribution in [0.5, 0.6) is 0 Å². The Morgan fingerprint density at radius 3 is 2.43 bits per heavy atom. The monoisotopic (exact) mass is 527 g/mol. The van der Waals surface area contributed by atoms with Crippen LogP contribution in [0, 0.1) is 0 Å². The summed E-state index contributed by atoms with van der Waals surface area (Å²) < 4.78 is 2.67. The molecule has 2 aromatic heterocycles. The van der Waals surface area contributed by atoms with Crippen LogP contribution in [0.2, 0.25) is 5.02 Å². The fourth-order valence-corrected chi connectivity index (χ4v) is 4.34. The molecule has 12 heteroatoms. The van der Waals surface area contributed by atoms with E-state index in [-0.39, 0.29) is 24.2 Å². The minimum atomic E-state index is -0.971. The van der Waals surface area contributed by atoms with Gasteiger partial charge in [-0.1, -0.05) is 23.7 Å². The van der Waals surface area contributed by atoms with E-state index in [0.29, 0.717) is 47.9 Å². The molecule has 3 N–H and O–H groups in total. The SMILES string of the molecule is CC(C)NC(=O)N1CCC(CO)(NC(=O)c2cc(-c3ccc(Cl)cc3)nn(-c3cnn(C)c3)c2=O)CC1. The average Bonchev–Trinajstić information content (AvgIpc) is 3.30. The lowest BCUT2D eigenvalue weighted by Gasteiger charge is -2.41. The molecule has 1 saturated heterocycles. The number of halogens is 1. The lowest BCUT2D eigenvalue weighted by Crippen LogP contribution is -2.60. The van der Waals surface area contributed by atoms with E-state index in [4.69, 9.17) is 11.6 Å². The highest BCUT2D eigenvalue weighted by Crippen LogP contribution is 2.24. The molecule has 0 atom stereocenters. The summed E-state index contributed by atoms with van der Waals surface area (Å²) in [7, 11) is 1.71. The second-order valence-corrected chi connectivity index (χ2v) is 9.96. The molecule has 0 radical (unpaired) electrons. The molecule has 0 aliphatic carbocycles. The van der Waals surface area contributed by atoms with Gasteiger partial charge in [-0.15, -0.1) is 0 Å². The number of carbonyl (C=O) groups excluding carboxylic acids is 2. The number of urea groups is 1. The fraction of sp³-hybridized carbons (Fsp3) is 0.400. The van der Waals surface area contributed by atoms with E-state index in [9.17, 15) is 19.5 Å². The first-order chi connectivity index (χ1) is 17.6. The highest BCUT2D eigenvalue weighted by molar-refractivity contribution is 6.30. The predicted molar refractivity (Wildman–Crippen MR) is 139 cm³/mol. The number of nitrogens with one attached hydrogen (secondary N) is 2. The molecule has 0 spiro atoms. The van der Waals surface area contributed by atoms with E-state index in [0.717, 1.165) is 4.68 Å². The second-order valence-electron chi connectivity index (χ2n) is 9.52. The Hall–Kier alpha value is -3.70. The van der Waals surface area contributed by atoms with E-state index in [1.807, 2.05) is 13.8 Å². The summed E-state index contributed by atoms with van der Waals surface area (Å²) in [6.45, 7) is 4.14. The topological polar surface area (TPSA) is 134 Å². The molecule has 1 aromatic carbocycles. The Bertz CT molecular complexity index is 1340. The summed E-state index contributed by atoms with van der Waals surface area (Å²) in [5, 5.41) is 25.1. The van der Waals surface area contributed by atoms with E-state index < -0.39 is 17.0 Å². The van der Waals surface area contributed by atoms with Gasteiger partial charge in [0.05, 0.1) is 30.2 Å². The number of benzene rings is 1. The number of piperidine rings is 1. The van der Waals surface area contributed by atoms with Gasteiger partial charge >= 0.3 is 6.03 Å². The van der Waals surface area contributed by atoms with Crippen molar-refractivity contribution in [2.45, 2.75) is 38.3 Å². The van der Waals surface area contributed by atoms with Gasteiger partial charge in [-0.2, -0.15) is 14.9 Å². The van der Waals surface area contributed by atoms with Crippen molar-refractivity contribution in [3.63, 3.8) is 0 Å². The van der Waals surface area contributed by atoms with Crippen LogP contribution in [0.15, 0.2) is 47.5 Å². The van der Waals surface area contributed by atoms with Gasteiger partial charge in [-0.25, -0.2) is 4.79 Å². The molecule has 0 bridgehead atoms. The molecule has 0 unspecified atom stereocenters. The van der Waals surface area contributed by atoms with Crippen molar-refractivity contribution in [1.29, 1.82) is 0 Å². The van der Waals surface area contributed by atoms with Gasteiger partial charge in [0.2, 0.25) is 0 Å². The average molecular weight is 528 g/mol. The number of nitrogens with zero attached hydrogens (tertiary/aromatic N) is 5. The Morgan fingerprint density at radius 1 is 1.19 bits per heavy atom. The van der Waals surface area contributed by atoms with Crippen LogP contribution in [0.4, 0.5) is 4.79 Å². The van der Waals surface area contributed by atoms with Crippen molar-refractivity contribution in [3.05, 3.63) is 63.7 Å². The number of hydrogen-bond donors (Lipinski definition) is 3. The summed E-state index contributed by atoms with van der Waals surface area (Å²) in [4.78, 5) is 40.9. The number of carbonyl (C=O) groups is 2. The molecule has 3 heterocycles. The van der Waals surface area contributed by atoms with Gasteiger partial charge < -0.3 is 20.6 Å². The predicted octanol–water partition coefficient (Wildman–Crippen LogP) is 1.96. The van der Waals surface area contributed by atoms with Gasteiger partial charge in [-0.3, -0.25) is 14.3 Å². The van der Waals surface area contributed by atoms with Gasteiger partial charge in [-0.05, 0) is 44.9 Å². The second kappa shape index (κ2) is 10.7. The molecule has 1 aliphatic rings. The molecule has 3 amide bonds. The van der Waals surface area contributed by atoms with E-state index in [1.165, 1.54) is 16.9 Å². The van der Waals surface area contributed by atoms with E-state index in [2.05, 4.69) is 20.8 Å². The van der Waals surface area contributed by atoms with Crippen LogP contribution < -0.4 is 16.2 Å². The maximum atomic E-state index is 13.5. The first kappa shape index (κ1) is 26.4. The molecule has 11 nitrogen and oxygen atoms in total. The summed E-state index contributed by atoms with van der Waals surface area (Å²) in [5.74, 6) is -0.630. The van der Waals surface area contributed by atoms with Gasteiger partial charge in [0.15, 0.2) is 0 Å². The maximum absolute atomic E-state index is 13.5. The first-order valence-corrected chi connectivity index (χ1v) is 12.4. The third-order valence-electron chi connectivity index (χ3n) is 6.33. The number of aryl methyl sites for hydroxylation is 1. The Kier molecular flexibility index (Phi) is 7.65. The van der Waals surface area contributed by atoms with Crippen LogP contribution >= 0.6 is 11.6 Å². The molecule has 196 valence electrons. The zero-order valence-electron chi connectivity index (χ0n) is 20.9. The van der Waals surface area contributed by atoms with Crippen molar-refractivity contribution in [1.82, 2.24) is 35.1 Å². The van der Waals surface area contributed by atoms with E-state index >= 15 is 0 Å². The number of aromatic nitrogens is 4. The summed E-state index contributed by atoms with van der Waals surface area (Å²) in [6, 6.07) is 8.14. The smallest absolute Gasteiger partial charge is 0.317 e. The third-order valence-corrected chi connectivity index (χ3v) is 6.59. The van der Waals surface area contributed by atoms with E-state index in [1.54, 1.807) is 42.4 Å². The van der Waals surface area contributed by atoms with Gasteiger partial charge in [0.25, 0.3) is 11.5 Å². The molecule has 4 rings (SSSR count). The molecular weight excluding hydrogens is 498 g/mol. The largest absolute Gasteiger partial charge is 0.394 e. The van der Waals surface area contributed by atoms with Crippen molar-refractivity contribution in [3.8, 4) is 16.9 Å². The Balaban J connectivity index is 1.65. The Labute approximate surface area is 219 Å². The Morgan fingerprint density at radius 2 is 1.86 bits per heavy atom. The number of likely N-dealkylation sites (tertiary alicyclic amines) is 1. The summed E-state index contributed by atoms with van der Waals surface area (Å²) >= 11 is 6.03. The molecule has 37 heavy (non-hydrogen) atoms. The highest BCUT2D eigenvalue weighted by atomic mass is 35.5. The molecule has 3 aromatic rings. The zero-order valence-corrected chi connectivity index (χ0v) is 21.7. The zero-order chi connectivity index (χ0) is 26.7. The highest BCUT2D eigenvalue weighted by Gasteiger charge is 2.37. The molecule has 0 saturated carbocycles. The lowest BCUT2D eigenvalue weighted by atomic mass is 9.88. The van der Waals surface area contributed by atoms with Gasteiger partial charge in [0, 0.05) is 36.8 Å². The first-order valence-electron chi connectivity index (χ1n) is 12.0. The van der Waals surface area contributed by atoms with Crippen molar-refractivity contribution < 1.29 is 14.7 Å². The third kappa shape index (κ3) is 5.83. The van der Waals surface area contributed by atoms with Crippen LogP contribution in [0.25, 0.3) is 16.9 Å². The maximum Gasteiger partial charge on any atom is 0.317 e. The standard InChI is InChI=1S/C25H30ClN7O4/c1-16(2)28-24(37)32-10-8-25(15-34,9-11-32)29-22(35)20-12-21(17-4-6-18(26)7-5-17)30-33(23(20)36)19-13-27-31(3)14-19/h4-7,12-14,16,34H,8-11,15H2,1-3H3,(H,28,37)(H,29,35). The quantitative estimate of drug-likeness (QED) is 0.448. The normalized spacial score (nSPS) is 15.0. The number of aliphatic hydroxyl groups excluding tert-OH is 1. The number of rotatable bonds is 6. The molecular formula is C25H30ClN7O4. The number of aliphatic hydroxyl groups is 1. The van der Waals surface area contributed by atoms with Crippen LogP contribution in [-0.2, 0) is 7.05 Å². The van der Waals surface area contributed by atoms with Crippen molar-refractivity contribution in [2.75, 3.05) is 19.7 Å². The molecule has 1 aliphatic heterocycles. The molecule has 1 fully saturated rings. The van der Waals surface area contributed by atoms with Gasteiger partial charge in [0.1, 0.15) is 11.3 Å². The number of amides is 3. The minimum Gasteiger partial charge on any atom is -0.394 e. The van der Waals surface area contributed by atoms with Crippen LogP contribution in [0.3, 0.4) is 0 Å². The van der Waals surface area contributed by atoms with Crippen molar-refractivity contribution in [2.24, 2.45) is 7.05 Å². The minimum absolute atomic E-state index is 0.000222. The number of hydrogen-bond acceptors (Lipinski definition) is 6.